The maximum absolute atomic E-state index is 11.3. The predicted octanol–water partition coefficient (Wildman–Crippen LogP) is 3.77. The second kappa shape index (κ2) is 6.34. The lowest BCUT2D eigenvalue weighted by Crippen LogP contribution is -2.07. The number of benzene rings is 3. The summed E-state index contributed by atoms with van der Waals surface area (Å²) in [6, 6.07) is 16.0. The summed E-state index contributed by atoms with van der Waals surface area (Å²) in [6.45, 7) is 0.00759. The van der Waals surface area contributed by atoms with Crippen LogP contribution in [0.4, 0.5) is 0 Å². The van der Waals surface area contributed by atoms with Crippen molar-refractivity contribution < 1.29 is 14.6 Å². The molecule has 0 bridgehead atoms. The molecule has 112 valence electrons. The number of hydrogen-bond acceptors (Lipinski definition) is 3. The molecule has 1 N–H and O–H groups in total. The van der Waals surface area contributed by atoms with Gasteiger partial charge in [-0.3, -0.25) is 4.79 Å². The molecule has 0 amide bonds. The number of ether oxygens (including phenoxy) is 1. The molecule has 0 heterocycles. The molecule has 0 saturated heterocycles. The second-order valence-corrected chi connectivity index (χ2v) is 5.30. The monoisotopic (exact) mass is 314 g/mol. The number of aliphatic hydroxyl groups is 1. The minimum absolute atomic E-state index is 0.101. The van der Waals surface area contributed by atoms with E-state index in [2.05, 4.69) is 12.1 Å². The predicted molar refractivity (Wildman–Crippen MR) is 87.9 cm³/mol. The second-order valence-electron chi connectivity index (χ2n) is 5.04. The lowest BCUT2D eigenvalue weighted by atomic mass is 9.95. The Balaban J connectivity index is 2.18. The first-order chi connectivity index (χ1) is 10.7. The van der Waals surface area contributed by atoms with Gasteiger partial charge in [0.05, 0.1) is 6.61 Å². The molecule has 0 aliphatic carbocycles. The van der Waals surface area contributed by atoms with Crippen molar-refractivity contribution in [3.63, 3.8) is 0 Å². The maximum atomic E-state index is 11.3. The molecule has 0 spiro atoms. The first-order valence-corrected chi connectivity index (χ1v) is 7.52. The summed E-state index contributed by atoms with van der Waals surface area (Å²) in [7, 11) is 0. The number of esters is 1. The highest BCUT2D eigenvalue weighted by molar-refractivity contribution is 6.26. The van der Waals surface area contributed by atoms with Gasteiger partial charge in [0.1, 0.15) is 12.5 Å². The first-order valence-electron chi connectivity index (χ1n) is 6.99. The van der Waals surface area contributed by atoms with E-state index in [9.17, 15) is 9.90 Å². The molecule has 3 nitrogen and oxygen atoms in total. The van der Waals surface area contributed by atoms with Crippen molar-refractivity contribution in [3.05, 3.63) is 59.7 Å². The van der Waals surface area contributed by atoms with Crippen LogP contribution in [0.25, 0.3) is 21.5 Å². The highest BCUT2D eigenvalue weighted by Crippen LogP contribution is 2.30. The van der Waals surface area contributed by atoms with Crippen molar-refractivity contribution in [2.24, 2.45) is 0 Å². The van der Waals surface area contributed by atoms with Gasteiger partial charge < -0.3 is 9.84 Å². The lowest BCUT2D eigenvalue weighted by Gasteiger charge is -2.13. The van der Waals surface area contributed by atoms with Gasteiger partial charge in [0, 0.05) is 5.56 Å². The standard InChI is InChI=1S/C18H15ClO3/c19-9-18(21)22-11-17-13(10-20)6-8-15-14-4-2-1-3-12(14)5-7-16(15)17/h1-8,20H,9-11H2. The van der Waals surface area contributed by atoms with Crippen LogP contribution in [-0.4, -0.2) is 17.0 Å². The zero-order valence-electron chi connectivity index (χ0n) is 11.9. The Morgan fingerprint density at radius 3 is 2.55 bits per heavy atom. The molecule has 0 atom stereocenters. The van der Waals surface area contributed by atoms with E-state index in [-0.39, 0.29) is 19.1 Å². The molecular formula is C18H15ClO3. The minimum atomic E-state index is -0.469. The highest BCUT2D eigenvalue weighted by atomic mass is 35.5. The lowest BCUT2D eigenvalue weighted by molar-refractivity contribution is -0.141. The Morgan fingerprint density at radius 2 is 1.77 bits per heavy atom. The first kappa shape index (κ1) is 14.8. The fourth-order valence-corrected chi connectivity index (χ4v) is 2.78. The highest BCUT2D eigenvalue weighted by Gasteiger charge is 2.11. The van der Waals surface area contributed by atoms with Gasteiger partial charge in [-0.2, -0.15) is 0 Å². The third kappa shape index (κ3) is 2.65. The number of alkyl halides is 1. The van der Waals surface area contributed by atoms with Crippen LogP contribution in [0.2, 0.25) is 0 Å². The van der Waals surface area contributed by atoms with Gasteiger partial charge >= 0.3 is 5.97 Å². The summed E-state index contributed by atoms with van der Waals surface area (Å²) in [5.41, 5.74) is 1.58. The van der Waals surface area contributed by atoms with Crippen LogP contribution in [0.5, 0.6) is 0 Å². The van der Waals surface area contributed by atoms with Crippen molar-refractivity contribution in [2.75, 3.05) is 5.88 Å². The van der Waals surface area contributed by atoms with Gasteiger partial charge in [0.15, 0.2) is 0 Å². The van der Waals surface area contributed by atoms with Gasteiger partial charge in [-0.15, -0.1) is 11.6 Å². The van der Waals surface area contributed by atoms with Crippen LogP contribution in [-0.2, 0) is 22.7 Å². The van der Waals surface area contributed by atoms with E-state index in [1.165, 1.54) is 0 Å². The average Bonchev–Trinajstić information content (AvgIpc) is 2.58. The number of aliphatic hydroxyl groups excluding tert-OH is 1. The molecular weight excluding hydrogens is 300 g/mol. The van der Waals surface area contributed by atoms with Crippen LogP contribution in [0, 0.1) is 0 Å². The van der Waals surface area contributed by atoms with E-state index in [0.717, 1.165) is 32.7 Å². The van der Waals surface area contributed by atoms with Crippen molar-refractivity contribution in [3.8, 4) is 0 Å². The molecule has 0 radical (unpaired) electrons. The smallest absolute Gasteiger partial charge is 0.321 e. The normalized spacial score (nSPS) is 11.0. The third-order valence-corrected chi connectivity index (χ3v) is 4.01. The number of halogens is 1. The van der Waals surface area contributed by atoms with Gasteiger partial charge in [-0.1, -0.05) is 48.5 Å². The number of rotatable bonds is 4. The van der Waals surface area contributed by atoms with Gasteiger partial charge in [0.2, 0.25) is 0 Å². The fourth-order valence-electron chi connectivity index (χ4n) is 2.71. The molecule has 3 rings (SSSR count). The van der Waals surface area contributed by atoms with E-state index >= 15 is 0 Å². The van der Waals surface area contributed by atoms with E-state index in [0.29, 0.717) is 0 Å². The average molecular weight is 315 g/mol. The van der Waals surface area contributed by atoms with E-state index in [4.69, 9.17) is 16.3 Å². The summed E-state index contributed by atoms with van der Waals surface area (Å²) in [5, 5.41) is 13.9. The van der Waals surface area contributed by atoms with Crippen molar-refractivity contribution in [1.82, 2.24) is 0 Å². The van der Waals surface area contributed by atoms with Crippen LogP contribution in [0.3, 0.4) is 0 Å². The van der Waals surface area contributed by atoms with Crippen molar-refractivity contribution in [2.45, 2.75) is 13.2 Å². The molecule has 0 fully saturated rings. The number of carbonyl (C=O) groups excluding carboxylic acids is 1. The third-order valence-electron chi connectivity index (χ3n) is 3.79. The van der Waals surface area contributed by atoms with Crippen LogP contribution in [0.15, 0.2) is 48.5 Å². The minimum Gasteiger partial charge on any atom is -0.460 e. The topological polar surface area (TPSA) is 46.5 Å². The molecule has 3 aromatic carbocycles. The molecule has 0 unspecified atom stereocenters. The summed E-state index contributed by atoms with van der Waals surface area (Å²) < 4.78 is 5.16. The Bertz CT molecular complexity index is 842. The number of fused-ring (bicyclic) bond motifs is 3. The number of hydrogen-bond donors (Lipinski definition) is 1. The Morgan fingerprint density at radius 1 is 1.00 bits per heavy atom. The van der Waals surface area contributed by atoms with Gasteiger partial charge in [-0.05, 0) is 27.1 Å². The molecule has 0 aliphatic heterocycles. The van der Waals surface area contributed by atoms with Crippen molar-refractivity contribution >= 4 is 39.1 Å². The summed E-state index contributed by atoms with van der Waals surface area (Å²) in [4.78, 5) is 11.3. The molecule has 0 aromatic heterocycles. The zero-order chi connectivity index (χ0) is 15.5. The maximum Gasteiger partial charge on any atom is 0.321 e. The Hall–Kier alpha value is -2.10. The molecule has 22 heavy (non-hydrogen) atoms. The fraction of sp³-hybridized carbons (Fsp3) is 0.167. The number of carbonyl (C=O) groups is 1. The zero-order valence-corrected chi connectivity index (χ0v) is 12.6. The quantitative estimate of drug-likeness (QED) is 0.453. The van der Waals surface area contributed by atoms with E-state index in [1.807, 2.05) is 36.4 Å². The van der Waals surface area contributed by atoms with Gasteiger partial charge in [0.25, 0.3) is 0 Å². The molecule has 0 aliphatic rings. The molecule has 0 saturated carbocycles. The summed E-state index contributed by atoms with van der Waals surface area (Å²) in [5.74, 6) is -0.648. The Labute approximate surface area is 133 Å². The summed E-state index contributed by atoms with van der Waals surface area (Å²) >= 11 is 5.46. The van der Waals surface area contributed by atoms with E-state index in [1.54, 1.807) is 0 Å². The molecule has 4 heteroatoms. The molecule has 3 aromatic rings. The largest absolute Gasteiger partial charge is 0.460 e. The van der Waals surface area contributed by atoms with Crippen LogP contribution in [0.1, 0.15) is 11.1 Å². The van der Waals surface area contributed by atoms with Crippen LogP contribution < -0.4 is 0 Å². The van der Waals surface area contributed by atoms with Crippen molar-refractivity contribution in [1.29, 1.82) is 0 Å². The SMILES string of the molecule is O=C(CCl)OCc1c(CO)ccc2c1ccc1ccccc12. The van der Waals surface area contributed by atoms with Gasteiger partial charge in [-0.25, -0.2) is 0 Å². The van der Waals surface area contributed by atoms with Crippen LogP contribution >= 0.6 is 11.6 Å². The van der Waals surface area contributed by atoms with E-state index < -0.39 is 5.97 Å². The Kier molecular flexibility index (Phi) is 4.27. The summed E-state index contributed by atoms with van der Waals surface area (Å²) in [6.07, 6.45) is 0.